The molecular formula is C18H25ClO. The Morgan fingerprint density at radius 2 is 1.70 bits per heavy atom. The van der Waals surface area contributed by atoms with Crippen LogP contribution in [0.4, 0.5) is 0 Å². The number of benzene rings is 1. The fourth-order valence-electron chi connectivity index (χ4n) is 2.07. The van der Waals surface area contributed by atoms with E-state index in [1.807, 2.05) is 24.3 Å². The van der Waals surface area contributed by atoms with E-state index in [4.69, 9.17) is 16.3 Å². The molecule has 0 aliphatic carbocycles. The Hall–Kier alpha value is -0.970. The van der Waals surface area contributed by atoms with Gasteiger partial charge in [-0.15, -0.1) is 5.92 Å². The van der Waals surface area contributed by atoms with Gasteiger partial charge in [0.2, 0.25) is 0 Å². The molecule has 0 heterocycles. The van der Waals surface area contributed by atoms with Crippen molar-refractivity contribution >= 4 is 11.6 Å². The van der Waals surface area contributed by atoms with Gasteiger partial charge in [0.15, 0.2) is 0 Å². The molecule has 1 rings (SSSR count). The highest BCUT2D eigenvalue weighted by molar-refractivity contribution is 6.30. The van der Waals surface area contributed by atoms with Gasteiger partial charge in [-0.3, -0.25) is 0 Å². The number of hydrogen-bond donors (Lipinski definition) is 0. The summed E-state index contributed by atoms with van der Waals surface area (Å²) in [5.41, 5.74) is 1.06. The maximum absolute atomic E-state index is 5.88. The zero-order valence-electron chi connectivity index (χ0n) is 12.6. The monoisotopic (exact) mass is 292 g/mol. The van der Waals surface area contributed by atoms with Gasteiger partial charge in [0.05, 0.1) is 0 Å². The molecule has 0 saturated heterocycles. The molecule has 0 aliphatic heterocycles. The average Bonchev–Trinajstić information content (AvgIpc) is 2.47. The molecular weight excluding hydrogens is 268 g/mol. The molecule has 110 valence electrons. The van der Waals surface area contributed by atoms with Gasteiger partial charge in [0, 0.05) is 18.6 Å². The molecule has 2 heteroatoms. The van der Waals surface area contributed by atoms with Crippen molar-refractivity contribution in [3.63, 3.8) is 0 Å². The molecule has 0 N–H and O–H groups in total. The highest BCUT2D eigenvalue weighted by Crippen LogP contribution is 2.18. The van der Waals surface area contributed by atoms with Gasteiger partial charge >= 0.3 is 0 Å². The minimum Gasteiger partial charge on any atom is -0.364 e. The van der Waals surface area contributed by atoms with Crippen molar-refractivity contribution in [1.29, 1.82) is 0 Å². The first-order valence-electron chi connectivity index (χ1n) is 7.54. The predicted molar refractivity (Wildman–Crippen MR) is 87.0 cm³/mol. The number of ether oxygens (including phenoxy) is 1. The lowest BCUT2D eigenvalue weighted by atomic mass is 10.1. The van der Waals surface area contributed by atoms with Crippen LogP contribution >= 0.6 is 11.6 Å². The van der Waals surface area contributed by atoms with E-state index in [0.717, 1.165) is 17.0 Å². The molecule has 0 fully saturated rings. The molecule has 20 heavy (non-hydrogen) atoms. The van der Waals surface area contributed by atoms with Crippen LogP contribution in [-0.4, -0.2) is 7.11 Å². The second-order valence-corrected chi connectivity index (χ2v) is 5.44. The van der Waals surface area contributed by atoms with Gasteiger partial charge in [-0.25, -0.2) is 0 Å². The van der Waals surface area contributed by atoms with E-state index in [0.29, 0.717) is 0 Å². The van der Waals surface area contributed by atoms with Crippen molar-refractivity contribution in [3.8, 4) is 11.8 Å². The summed E-state index contributed by atoms with van der Waals surface area (Å²) in [7, 11) is 1.69. The van der Waals surface area contributed by atoms with Crippen molar-refractivity contribution in [3.05, 3.63) is 34.9 Å². The summed E-state index contributed by atoms with van der Waals surface area (Å²) in [4.78, 5) is 0. The molecule has 0 radical (unpaired) electrons. The van der Waals surface area contributed by atoms with Crippen LogP contribution in [0.5, 0.6) is 0 Å². The lowest BCUT2D eigenvalue weighted by molar-refractivity contribution is 0.150. The molecule has 1 aromatic rings. The summed E-state index contributed by atoms with van der Waals surface area (Å²) in [5.74, 6) is 6.42. The SMILES string of the molecule is CCCCCCCCC#CC(OC)c1ccc(Cl)cc1. The Kier molecular flexibility index (Phi) is 9.20. The standard InChI is InChI=1S/C18H25ClO/c1-3-4-5-6-7-8-9-10-11-18(20-2)16-12-14-17(19)15-13-16/h12-15,18H,3-9H2,1-2H3. The minimum absolute atomic E-state index is 0.146. The van der Waals surface area contributed by atoms with Crippen LogP contribution in [0.25, 0.3) is 0 Å². The third-order valence-electron chi connectivity index (χ3n) is 3.30. The molecule has 0 aromatic heterocycles. The summed E-state index contributed by atoms with van der Waals surface area (Å²) >= 11 is 5.88. The minimum atomic E-state index is -0.146. The van der Waals surface area contributed by atoms with E-state index in [9.17, 15) is 0 Å². The van der Waals surface area contributed by atoms with E-state index >= 15 is 0 Å². The van der Waals surface area contributed by atoms with E-state index in [1.54, 1.807) is 7.11 Å². The quantitative estimate of drug-likeness (QED) is 0.436. The fraction of sp³-hybridized carbons (Fsp3) is 0.556. The first-order valence-corrected chi connectivity index (χ1v) is 7.92. The third-order valence-corrected chi connectivity index (χ3v) is 3.55. The van der Waals surface area contributed by atoms with Crippen molar-refractivity contribution in [2.75, 3.05) is 7.11 Å². The van der Waals surface area contributed by atoms with E-state index < -0.39 is 0 Å². The summed E-state index contributed by atoms with van der Waals surface area (Å²) < 4.78 is 5.42. The molecule has 0 amide bonds. The smallest absolute Gasteiger partial charge is 0.143 e. The normalized spacial score (nSPS) is 11.8. The number of rotatable bonds is 8. The Morgan fingerprint density at radius 1 is 1.05 bits per heavy atom. The van der Waals surface area contributed by atoms with Crippen LogP contribution in [-0.2, 0) is 4.74 Å². The largest absolute Gasteiger partial charge is 0.364 e. The van der Waals surface area contributed by atoms with Gasteiger partial charge < -0.3 is 4.74 Å². The molecule has 0 saturated carbocycles. The van der Waals surface area contributed by atoms with Gasteiger partial charge in [-0.2, -0.15) is 0 Å². The highest BCUT2D eigenvalue weighted by Gasteiger charge is 2.05. The third kappa shape index (κ3) is 6.98. The molecule has 0 bridgehead atoms. The van der Waals surface area contributed by atoms with Crippen LogP contribution in [0.15, 0.2) is 24.3 Å². The molecule has 1 aromatic carbocycles. The Bertz CT molecular complexity index is 413. The number of hydrogen-bond acceptors (Lipinski definition) is 1. The number of methoxy groups -OCH3 is 1. The summed E-state index contributed by atoms with van der Waals surface area (Å²) in [6.45, 7) is 2.24. The maximum Gasteiger partial charge on any atom is 0.143 e. The second-order valence-electron chi connectivity index (χ2n) is 5.01. The van der Waals surface area contributed by atoms with Crippen LogP contribution < -0.4 is 0 Å². The lowest BCUT2D eigenvalue weighted by Crippen LogP contribution is -1.97. The van der Waals surface area contributed by atoms with Crippen molar-refractivity contribution in [2.24, 2.45) is 0 Å². The van der Waals surface area contributed by atoms with Crippen LogP contribution in [0.3, 0.4) is 0 Å². The molecule has 1 unspecified atom stereocenters. The summed E-state index contributed by atoms with van der Waals surface area (Å²) in [6, 6.07) is 7.68. The zero-order chi connectivity index (χ0) is 14.6. The van der Waals surface area contributed by atoms with Crippen LogP contribution in [0, 0.1) is 11.8 Å². The van der Waals surface area contributed by atoms with E-state index in [1.165, 1.54) is 38.5 Å². The second kappa shape index (κ2) is 10.8. The van der Waals surface area contributed by atoms with Crippen LogP contribution in [0.1, 0.15) is 63.5 Å². The van der Waals surface area contributed by atoms with Gasteiger partial charge in [0.25, 0.3) is 0 Å². The van der Waals surface area contributed by atoms with E-state index in [-0.39, 0.29) is 6.10 Å². The van der Waals surface area contributed by atoms with Crippen LogP contribution in [0.2, 0.25) is 5.02 Å². The summed E-state index contributed by atoms with van der Waals surface area (Å²) in [5, 5.41) is 0.739. The predicted octanol–water partition coefficient (Wildman–Crippen LogP) is 5.78. The number of unbranched alkanes of at least 4 members (excludes halogenated alkanes) is 6. The molecule has 1 nitrogen and oxygen atoms in total. The van der Waals surface area contributed by atoms with Crippen molar-refractivity contribution in [1.82, 2.24) is 0 Å². The van der Waals surface area contributed by atoms with Crippen molar-refractivity contribution < 1.29 is 4.74 Å². The first kappa shape index (κ1) is 17.1. The fourth-order valence-corrected chi connectivity index (χ4v) is 2.20. The van der Waals surface area contributed by atoms with Gasteiger partial charge in [-0.1, -0.05) is 68.7 Å². The molecule has 0 aliphatic rings. The van der Waals surface area contributed by atoms with Crippen molar-refractivity contribution in [2.45, 2.75) is 58.0 Å². The molecule has 1 atom stereocenters. The average molecular weight is 293 g/mol. The molecule has 0 spiro atoms. The number of halogens is 1. The Balaban J connectivity index is 2.30. The highest BCUT2D eigenvalue weighted by atomic mass is 35.5. The Labute approximate surface area is 128 Å². The Morgan fingerprint density at radius 3 is 2.35 bits per heavy atom. The first-order chi connectivity index (χ1) is 9.77. The lowest BCUT2D eigenvalue weighted by Gasteiger charge is -2.08. The zero-order valence-corrected chi connectivity index (χ0v) is 13.4. The van der Waals surface area contributed by atoms with Gasteiger partial charge in [-0.05, 0) is 24.1 Å². The van der Waals surface area contributed by atoms with E-state index in [2.05, 4.69) is 18.8 Å². The topological polar surface area (TPSA) is 9.23 Å². The summed E-state index contributed by atoms with van der Waals surface area (Å²) in [6.07, 6.45) is 8.63. The van der Waals surface area contributed by atoms with Gasteiger partial charge in [0.1, 0.15) is 6.10 Å². The maximum atomic E-state index is 5.88.